The normalized spacial score (nSPS) is 16.6. The van der Waals surface area contributed by atoms with Gasteiger partial charge in [-0.2, -0.15) is 0 Å². The Hall–Kier alpha value is 0.0200. The molecule has 1 aliphatic rings. The van der Waals surface area contributed by atoms with Gasteiger partial charge < -0.3 is 11.1 Å². The largest absolute Gasteiger partial charge is 0.392 e. The molecule has 0 radical (unpaired) electrons. The maximum Gasteiger partial charge on any atom is 0.237 e. The van der Waals surface area contributed by atoms with E-state index in [1.165, 1.54) is 0 Å². The van der Waals surface area contributed by atoms with Crippen molar-refractivity contribution in [2.24, 2.45) is 11.1 Å². The maximum absolute atomic E-state index is 12.4. The van der Waals surface area contributed by atoms with Gasteiger partial charge in [0.25, 0.3) is 0 Å². The second-order valence-corrected chi connectivity index (χ2v) is 7.56. The molecule has 0 unspecified atom stereocenters. The van der Waals surface area contributed by atoms with Crippen molar-refractivity contribution in [3.8, 4) is 0 Å². The number of anilines is 1. The molecule has 1 amide bonds. The Bertz CT molecular complexity index is 535. The molecule has 0 bridgehead atoms. The molecule has 1 fully saturated rings. The minimum absolute atomic E-state index is 0.130. The van der Waals surface area contributed by atoms with Gasteiger partial charge in [-0.05, 0) is 56.8 Å². The number of halogens is 3. The number of thiocarbonyl (C=S) groups is 1. The molecule has 3 nitrogen and oxygen atoms in total. The maximum atomic E-state index is 12.4. The number of hydrogen-bond donors (Lipinski definition) is 2. The van der Waals surface area contributed by atoms with Crippen LogP contribution in [-0.4, -0.2) is 10.9 Å². The minimum atomic E-state index is -0.679. The van der Waals surface area contributed by atoms with E-state index in [-0.39, 0.29) is 10.9 Å². The first kappa shape index (κ1) is 15.4. The van der Waals surface area contributed by atoms with Crippen molar-refractivity contribution in [3.05, 3.63) is 25.6 Å². The molecule has 0 aliphatic heterocycles. The molecule has 0 atom stereocenters. The summed E-state index contributed by atoms with van der Waals surface area (Å²) < 4.78 is 2.50. The van der Waals surface area contributed by atoms with Gasteiger partial charge in [0.05, 0.1) is 16.1 Å². The summed E-state index contributed by atoms with van der Waals surface area (Å²) in [5.41, 5.74) is 5.74. The van der Waals surface area contributed by atoms with Crippen molar-refractivity contribution in [3.63, 3.8) is 0 Å². The zero-order valence-corrected chi connectivity index (χ0v) is 15.4. The molecule has 7 heteroatoms. The average Bonchev–Trinajstić information content (AvgIpc) is 2.20. The van der Waals surface area contributed by atoms with E-state index in [4.69, 9.17) is 18.0 Å². The van der Waals surface area contributed by atoms with Crippen molar-refractivity contribution < 1.29 is 4.79 Å². The summed E-state index contributed by atoms with van der Waals surface area (Å²) in [6.07, 6.45) is 2.42. The fraction of sp³-hybridized carbons (Fsp3) is 0.333. The predicted octanol–water partition coefficient (Wildman–Crippen LogP) is 4.37. The van der Waals surface area contributed by atoms with Crippen molar-refractivity contribution in [2.75, 3.05) is 5.32 Å². The third kappa shape index (κ3) is 2.89. The first-order chi connectivity index (χ1) is 8.86. The Balaban J connectivity index is 2.27. The number of nitrogens with two attached hydrogens (primary N) is 1. The molecule has 1 aromatic rings. The van der Waals surface area contributed by atoms with Crippen LogP contribution in [0, 0.1) is 5.41 Å². The summed E-state index contributed by atoms with van der Waals surface area (Å²) in [7, 11) is 0. The van der Waals surface area contributed by atoms with Gasteiger partial charge in [-0.1, -0.05) is 34.6 Å². The van der Waals surface area contributed by atoms with Gasteiger partial charge >= 0.3 is 0 Å². The molecule has 2 rings (SSSR count). The van der Waals surface area contributed by atoms with E-state index in [9.17, 15) is 4.79 Å². The summed E-state index contributed by atoms with van der Waals surface area (Å²) in [5, 5.41) is 2.91. The molecule has 19 heavy (non-hydrogen) atoms. The van der Waals surface area contributed by atoms with Crippen LogP contribution in [0.3, 0.4) is 0 Å². The summed E-state index contributed by atoms with van der Waals surface area (Å²) in [4.78, 5) is 12.7. The van der Waals surface area contributed by atoms with Crippen LogP contribution in [0.4, 0.5) is 5.69 Å². The highest BCUT2D eigenvalue weighted by Gasteiger charge is 2.47. The summed E-state index contributed by atoms with van der Waals surface area (Å²) in [6, 6.07) is 3.74. The van der Waals surface area contributed by atoms with Gasteiger partial charge in [-0.25, -0.2) is 0 Å². The van der Waals surface area contributed by atoms with Crippen LogP contribution >= 0.6 is 60.0 Å². The third-order valence-corrected chi connectivity index (χ3v) is 5.46. The Morgan fingerprint density at radius 1 is 1.26 bits per heavy atom. The topological polar surface area (TPSA) is 55.1 Å². The smallest absolute Gasteiger partial charge is 0.237 e. The molecule has 0 heterocycles. The van der Waals surface area contributed by atoms with Gasteiger partial charge in [0.2, 0.25) is 5.91 Å². The minimum Gasteiger partial charge on any atom is -0.392 e. The average molecular weight is 471 g/mol. The quantitative estimate of drug-likeness (QED) is 0.645. The van der Waals surface area contributed by atoms with Gasteiger partial charge in [0, 0.05) is 13.4 Å². The highest BCUT2D eigenvalue weighted by Crippen LogP contribution is 2.43. The van der Waals surface area contributed by atoms with Crippen LogP contribution in [0.25, 0.3) is 0 Å². The van der Waals surface area contributed by atoms with Crippen LogP contribution < -0.4 is 11.1 Å². The molecule has 0 spiro atoms. The lowest BCUT2D eigenvalue weighted by molar-refractivity contribution is -0.125. The zero-order valence-electron chi connectivity index (χ0n) is 9.80. The second kappa shape index (κ2) is 5.79. The fourth-order valence-electron chi connectivity index (χ4n) is 2.01. The molecule has 102 valence electrons. The predicted molar refractivity (Wildman–Crippen MR) is 91.2 cm³/mol. The highest BCUT2D eigenvalue weighted by atomic mass is 79.9. The molecular formula is C12H11Br3N2OS. The van der Waals surface area contributed by atoms with E-state index in [2.05, 4.69) is 53.1 Å². The standard InChI is InChI=1S/C12H11Br3N2OS/c13-6-4-7(14)9(8(15)5-6)17-11(18)12(10(16)19)2-1-3-12/h4-5H,1-3H2,(H2,16,19)(H,17,18). The van der Waals surface area contributed by atoms with E-state index in [1.807, 2.05) is 12.1 Å². The van der Waals surface area contributed by atoms with E-state index < -0.39 is 5.41 Å². The van der Waals surface area contributed by atoms with Gasteiger partial charge in [-0.3, -0.25) is 4.79 Å². The lowest BCUT2D eigenvalue weighted by Gasteiger charge is -2.39. The van der Waals surface area contributed by atoms with Gasteiger partial charge in [0.1, 0.15) is 0 Å². The van der Waals surface area contributed by atoms with E-state index in [0.717, 1.165) is 32.7 Å². The van der Waals surface area contributed by atoms with Crippen LogP contribution in [0.1, 0.15) is 19.3 Å². The summed E-state index contributed by atoms with van der Waals surface area (Å²) in [5.74, 6) is -0.130. The van der Waals surface area contributed by atoms with Crippen molar-refractivity contribution in [1.29, 1.82) is 0 Å². The monoisotopic (exact) mass is 468 g/mol. The van der Waals surface area contributed by atoms with Crippen molar-refractivity contribution in [1.82, 2.24) is 0 Å². The summed E-state index contributed by atoms with van der Waals surface area (Å²) in [6.45, 7) is 0. The SMILES string of the molecule is NC(=S)C1(C(=O)Nc2c(Br)cc(Br)cc2Br)CCC1. The first-order valence-electron chi connectivity index (χ1n) is 5.63. The Morgan fingerprint density at radius 2 is 1.79 bits per heavy atom. The van der Waals surface area contributed by atoms with E-state index >= 15 is 0 Å². The Morgan fingerprint density at radius 3 is 2.16 bits per heavy atom. The lowest BCUT2D eigenvalue weighted by atomic mass is 9.68. The number of nitrogens with one attached hydrogen (secondary N) is 1. The van der Waals surface area contributed by atoms with Gasteiger partial charge in [0.15, 0.2) is 0 Å². The Kier molecular flexibility index (Phi) is 4.70. The first-order valence-corrected chi connectivity index (χ1v) is 8.41. The molecule has 1 aliphatic carbocycles. The van der Waals surface area contributed by atoms with Crippen molar-refractivity contribution >= 4 is 76.6 Å². The number of rotatable bonds is 3. The van der Waals surface area contributed by atoms with Crippen LogP contribution in [0.5, 0.6) is 0 Å². The number of benzene rings is 1. The van der Waals surface area contributed by atoms with Crippen molar-refractivity contribution in [2.45, 2.75) is 19.3 Å². The third-order valence-electron chi connectivity index (χ3n) is 3.36. The molecular weight excluding hydrogens is 460 g/mol. The Labute approximate surface area is 142 Å². The molecule has 1 aromatic carbocycles. The van der Waals surface area contributed by atoms with Crippen LogP contribution in [0.2, 0.25) is 0 Å². The van der Waals surface area contributed by atoms with Crippen LogP contribution in [0.15, 0.2) is 25.6 Å². The number of carbonyl (C=O) groups excluding carboxylic acids is 1. The van der Waals surface area contributed by atoms with Crippen LogP contribution in [-0.2, 0) is 4.79 Å². The zero-order chi connectivity index (χ0) is 14.2. The van der Waals surface area contributed by atoms with E-state index in [1.54, 1.807) is 0 Å². The fourth-order valence-corrected chi connectivity index (χ4v) is 4.76. The highest BCUT2D eigenvalue weighted by molar-refractivity contribution is 9.11. The molecule has 0 saturated heterocycles. The van der Waals surface area contributed by atoms with Gasteiger partial charge in [-0.15, -0.1) is 0 Å². The number of hydrogen-bond acceptors (Lipinski definition) is 2. The second-order valence-electron chi connectivity index (χ2n) is 4.50. The van der Waals surface area contributed by atoms with E-state index in [0.29, 0.717) is 5.69 Å². The number of amides is 1. The molecule has 0 aromatic heterocycles. The lowest BCUT2D eigenvalue weighted by Crippen LogP contribution is -2.50. The molecule has 1 saturated carbocycles. The number of carbonyl (C=O) groups is 1. The summed E-state index contributed by atoms with van der Waals surface area (Å²) >= 11 is 15.3. The molecule has 3 N–H and O–H groups in total.